The van der Waals surface area contributed by atoms with Crippen LogP contribution in [0.2, 0.25) is 5.02 Å². The van der Waals surface area contributed by atoms with E-state index in [9.17, 15) is 14.7 Å². The third-order valence-corrected chi connectivity index (χ3v) is 7.59. The fourth-order valence-corrected chi connectivity index (χ4v) is 5.71. The first-order chi connectivity index (χ1) is 16.3. The molecule has 2 N–H and O–H groups in total. The second-order valence-corrected chi connectivity index (χ2v) is 9.48. The summed E-state index contributed by atoms with van der Waals surface area (Å²) in [6.45, 7) is 2.17. The van der Waals surface area contributed by atoms with Crippen molar-refractivity contribution in [3.05, 3.63) is 63.8 Å². The molecule has 1 unspecified atom stereocenters. The molecule has 34 heavy (non-hydrogen) atoms. The predicted molar refractivity (Wildman–Crippen MR) is 126 cm³/mol. The number of Topliss-reactive ketones (excluding diaryl/α,β-unsaturated/α-hetero) is 2. The summed E-state index contributed by atoms with van der Waals surface area (Å²) in [5.41, 5.74) is -0.994. The lowest BCUT2D eigenvalue weighted by molar-refractivity contribution is -0.119. The Morgan fingerprint density at radius 3 is 2.53 bits per heavy atom. The van der Waals surface area contributed by atoms with E-state index >= 15 is 0 Å². The Hall–Kier alpha value is -3.03. The van der Waals surface area contributed by atoms with Gasteiger partial charge in [-0.05, 0) is 12.0 Å². The summed E-state index contributed by atoms with van der Waals surface area (Å²) in [6, 6.07) is 10.8. The highest BCUT2D eigenvalue weighted by molar-refractivity contribution is 6.35. The third kappa shape index (κ3) is 3.07. The van der Waals surface area contributed by atoms with E-state index in [2.05, 4.69) is 5.32 Å². The average molecular weight is 484 g/mol. The predicted octanol–water partition coefficient (Wildman–Crippen LogP) is 3.81. The molecule has 0 fully saturated rings. The summed E-state index contributed by atoms with van der Waals surface area (Å²) in [7, 11) is 2.93. The van der Waals surface area contributed by atoms with Crippen molar-refractivity contribution in [1.29, 1.82) is 0 Å². The van der Waals surface area contributed by atoms with E-state index in [1.54, 1.807) is 6.07 Å². The fraction of sp³-hybridized carbons (Fsp3) is 0.385. The number of hydrogen-bond acceptors (Lipinski definition) is 7. The topological polar surface area (TPSA) is 94.1 Å². The van der Waals surface area contributed by atoms with Crippen LogP contribution < -0.4 is 19.5 Å². The summed E-state index contributed by atoms with van der Waals surface area (Å²) in [6.07, 6.45) is 0.538. The molecule has 2 heterocycles. The number of aliphatic hydroxyl groups is 1. The molecule has 1 aliphatic carbocycles. The van der Waals surface area contributed by atoms with Crippen LogP contribution in [0.5, 0.6) is 17.2 Å². The van der Waals surface area contributed by atoms with E-state index < -0.39 is 17.1 Å². The number of hydrogen-bond donors (Lipinski definition) is 2. The summed E-state index contributed by atoms with van der Waals surface area (Å²) in [4.78, 5) is 27.3. The van der Waals surface area contributed by atoms with E-state index in [1.165, 1.54) is 14.2 Å². The van der Waals surface area contributed by atoms with Crippen LogP contribution in [-0.4, -0.2) is 43.0 Å². The standard InChI is InChI=1S/C26H26ClNO6/c1-14-11-17(29)16-13-25(31,15-7-5-4-6-8-15)9-10-28-23(16)26(14)24(30)20-18(32-2)12-19(33-3)21(27)22(20)34-26/h4-8,12,14,28,31H,9-11,13H2,1-3H3/t14-,25+,26?/m1/s1. The number of halogens is 1. The molecule has 8 heteroatoms. The lowest BCUT2D eigenvalue weighted by atomic mass is 9.70. The Morgan fingerprint density at radius 2 is 1.85 bits per heavy atom. The molecule has 3 aliphatic rings. The van der Waals surface area contributed by atoms with E-state index in [4.69, 9.17) is 25.8 Å². The normalized spacial score (nSPS) is 28.1. The van der Waals surface area contributed by atoms with Crippen molar-refractivity contribution >= 4 is 23.2 Å². The van der Waals surface area contributed by atoms with Gasteiger partial charge < -0.3 is 24.6 Å². The molecule has 0 saturated heterocycles. The van der Waals surface area contributed by atoms with Crippen molar-refractivity contribution in [1.82, 2.24) is 5.32 Å². The first-order valence-electron chi connectivity index (χ1n) is 11.2. The largest absolute Gasteiger partial charge is 0.496 e. The fourth-order valence-electron chi connectivity index (χ4n) is 5.44. The van der Waals surface area contributed by atoms with Crippen LogP contribution in [0.4, 0.5) is 0 Å². The van der Waals surface area contributed by atoms with Gasteiger partial charge in [0.15, 0.2) is 11.5 Å². The number of carbonyl (C=O) groups is 2. The highest BCUT2D eigenvalue weighted by atomic mass is 35.5. The molecule has 5 rings (SSSR count). The third-order valence-electron chi connectivity index (χ3n) is 7.23. The monoisotopic (exact) mass is 483 g/mol. The molecule has 2 aliphatic heterocycles. The first kappa shape index (κ1) is 22.7. The van der Waals surface area contributed by atoms with Crippen LogP contribution in [-0.2, 0) is 10.4 Å². The van der Waals surface area contributed by atoms with Crippen LogP contribution in [0, 0.1) is 5.92 Å². The molecule has 0 aromatic heterocycles. The van der Waals surface area contributed by atoms with Crippen molar-refractivity contribution in [3.63, 3.8) is 0 Å². The van der Waals surface area contributed by atoms with Crippen LogP contribution in [0.15, 0.2) is 47.7 Å². The van der Waals surface area contributed by atoms with Gasteiger partial charge in [0, 0.05) is 36.9 Å². The number of benzene rings is 2. The molecule has 0 radical (unpaired) electrons. The van der Waals surface area contributed by atoms with Crippen molar-refractivity contribution in [2.75, 3.05) is 20.8 Å². The highest BCUT2D eigenvalue weighted by Gasteiger charge is 2.61. The quantitative estimate of drug-likeness (QED) is 0.685. The zero-order chi connectivity index (χ0) is 24.3. The van der Waals surface area contributed by atoms with Gasteiger partial charge in [-0.25, -0.2) is 0 Å². The number of methoxy groups -OCH3 is 2. The van der Waals surface area contributed by atoms with Crippen molar-refractivity contribution in [2.45, 2.75) is 37.4 Å². The van der Waals surface area contributed by atoms with Gasteiger partial charge in [0.2, 0.25) is 11.4 Å². The Kier molecular flexibility index (Phi) is 5.37. The minimum atomic E-state index is -1.48. The molecule has 0 amide bonds. The van der Waals surface area contributed by atoms with Crippen molar-refractivity contribution in [3.8, 4) is 17.2 Å². The lowest BCUT2D eigenvalue weighted by Crippen LogP contribution is -2.55. The maximum atomic E-state index is 14.1. The van der Waals surface area contributed by atoms with Crippen LogP contribution in [0.1, 0.15) is 42.1 Å². The van der Waals surface area contributed by atoms with Gasteiger partial charge in [-0.15, -0.1) is 0 Å². The number of carbonyl (C=O) groups excluding carboxylic acids is 2. The Morgan fingerprint density at radius 1 is 1.15 bits per heavy atom. The van der Waals surface area contributed by atoms with Gasteiger partial charge >= 0.3 is 0 Å². The smallest absolute Gasteiger partial charge is 0.220 e. The van der Waals surface area contributed by atoms with Crippen LogP contribution in [0.3, 0.4) is 0 Å². The number of ether oxygens (including phenoxy) is 3. The first-order valence-corrected chi connectivity index (χ1v) is 11.6. The van der Waals surface area contributed by atoms with Gasteiger partial charge in [-0.1, -0.05) is 48.9 Å². The molecule has 3 atom stereocenters. The molecule has 178 valence electrons. The molecule has 0 saturated carbocycles. The number of nitrogens with one attached hydrogen (secondary N) is 1. The Bertz CT molecular complexity index is 1230. The maximum absolute atomic E-state index is 14.1. The summed E-state index contributed by atoms with van der Waals surface area (Å²) in [5, 5.41) is 15.1. The summed E-state index contributed by atoms with van der Waals surface area (Å²) < 4.78 is 17.3. The molecule has 2 aromatic rings. The molecular weight excluding hydrogens is 458 g/mol. The molecule has 1 spiro atoms. The van der Waals surface area contributed by atoms with Gasteiger partial charge in [0.25, 0.3) is 0 Å². The summed E-state index contributed by atoms with van der Waals surface area (Å²) >= 11 is 6.56. The SMILES string of the molecule is COc1cc(OC)c2c(c1Cl)OC1(C2=O)C2=C(C[C@](O)(c3ccccc3)CCN2)C(=O)C[C@H]1C. The Labute approximate surface area is 202 Å². The maximum Gasteiger partial charge on any atom is 0.220 e. The lowest BCUT2D eigenvalue weighted by Gasteiger charge is -2.40. The van der Waals surface area contributed by atoms with Crippen LogP contribution >= 0.6 is 11.6 Å². The Balaban J connectivity index is 1.68. The molecule has 0 bridgehead atoms. The zero-order valence-corrected chi connectivity index (χ0v) is 20.0. The van der Waals surface area contributed by atoms with Gasteiger partial charge in [-0.2, -0.15) is 0 Å². The number of fused-ring (bicyclic) bond motifs is 2. The van der Waals surface area contributed by atoms with Crippen LogP contribution in [0.25, 0.3) is 0 Å². The number of rotatable bonds is 3. The van der Waals surface area contributed by atoms with Crippen molar-refractivity contribution in [2.24, 2.45) is 5.92 Å². The second kappa shape index (κ2) is 8.03. The zero-order valence-electron chi connectivity index (χ0n) is 19.2. The van der Waals surface area contributed by atoms with Gasteiger partial charge in [0.1, 0.15) is 22.1 Å². The average Bonchev–Trinajstić information content (AvgIpc) is 3.02. The number of ketones is 2. The molecular formula is C26H26ClNO6. The van der Waals surface area contributed by atoms with Crippen molar-refractivity contribution < 1.29 is 28.9 Å². The minimum Gasteiger partial charge on any atom is -0.496 e. The van der Waals surface area contributed by atoms with E-state index in [1.807, 2.05) is 37.3 Å². The molecule has 2 aromatic carbocycles. The highest BCUT2D eigenvalue weighted by Crippen LogP contribution is 2.55. The second-order valence-electron chi connectivity index (χ2n) is 9.10. The van der Waals surface area contributed by atoms with Gasteiger partial charge in [-0.3, -0.25) is 9.59 Å². The van der Waals surface area contributed by atoms with E-state index in [-0.39, 0.29) is 40.7 Å². The minimum absolute atomic E-state index is 0.0772. The molecule has 7 nitrogen and oxygen atoms in total. The summed E-state index contributed by atoms with van der Waals surface area (Å²) in [5.74, 6) is -0.114. The van der Waals surface area contributed by atoms with E-state index in [0.717, 1.165) is 5.56 Å². The van der Waals surface area contributed by atoms with E-state index in [0.29, 0.717) is 35.7 Å². The van der Waals surface area contributed by atoms with Gasteiger partial charge in [0.05, 0.1) is 25.5 Å².